The van der Waals surface area contributed by atoms with Crippen LogP contribution in [0.5, 0.6) is 0 Å². The van der Waals surface area contributed by atoms with Gasteiger partial charge in [-0.3, -0.25) is 4.79 Å². The molecule has 2 saturated heterocycles. The van der Waals surface area contributed by atoms with Crippen LogP contribution in [-0.4, -0.2) is 30.4 Å². The molecule has 120 valence electrons. The third-order valence-electron chi connectivity index (χ3n) is 5.70. The SMILES string of the molecule is Cc1cccc(C2CCCCN2C(=O)C(C)C2CNC2)c1C. The minimum atomic E-state index is 0.145. The van der Waals surface area contributed by atoms with Gasteiger partial charge in [0.25, 0.3) is 0 Å². The molecule has 2 aliphatic rings. The molecule has 3 nitrogen and oxygen atoms in total. The minimum absolute atomic E-state index is 0.145. The van der Waals surface area contributed by atoms with E-state index < -0.39 is 0 Å². The fourth-order valence-corrected chi connectivity index (χ4v) is 3.78. The maximum atomic E-state index is 13.0. The molecule has 0 aromatic heterocycles. The fourth-order valence-electron chi connectivity index (χ4n) is 3.78. The number of rotatable bonds is 3. The lowest BCUT2D eigenvalue weighted by atomic mass is 9.85. The Labute approximate surface area is 134 Å². The number of piperidine rings is 1. The molecule has 1 amide bonds. The molecular weight excluding hydrogens is 272 g/mol. The van der Waals surface area contributed by atoms with Gasteiger partial charge in [-0.2, -0.15) is 0 Å². The second-order valence-electron chi connectivity index (χ2n) is 7.04. The van der Waals surface area contributed by atoms with Gasteiger partial charge in [0.2, 0.25) is 5.91 Å². The number of likely N-dealkylation sites (tertiary alicyclic amines) is 1. The summed E-state index contributed by atoms with van der Waals surface area (Å²) in [5.74, 6) is 1.03. The van der Waals surface area contributed by atoms with Crippen LogP contribution < -0.4 is 5.32 Å². The van der Waals surface area contributed by atoms with E-state index in [1.807, 2.05) is 0 Å². The number of benzene rings is 1. The molecule has 2 unspecified atom stereocenters. The van der Waals surface area contributed by atoms with Gasteiger partial charge in [-0.05, 0) is 68.8 Å². The summed E-state index contributed by atoms with van der Waals surface area (Å²) in [6.07, 6.45) is 3.47. The van der Waals surface area contributed by atoms with Crippen LogP contribution in [0.1, 0.15) is 48.9 Å². The monoisotopic (exact) mass is 300 g/mol. The smallest absolute Gasteiger partial charge is 0.226 e. The fraction of sp³-hybridized carbons (Fsp3) is 0.632. The molecule has 0 radical (unpaired) electrons. The van der Waals surface area contributed by atoms with Gasteiger partial charge in [0.15, 0.2) is 0 Å². The highest BCUT2D eigenvalue weighted by atomic mass is 16.2. The predicted molar refractivity (Wildman–Crippen MR) is 89.7 cm³/mol. The number of aryl methyl sites for hydroxylation is 1. The first-order chi connectivity index (χ1) is 10.6. The van der Waals surface area contributed by atoms with Crippen molar-refractivity contribution in [1.82, 2.24) is 10.2 Å². The van der Waals surface area contributed by atoms with E-state index in [1.54, 1.807) is 0 Å². The summed E-state index contributed by atoms with van der Waals surface area (Å²) in [5.41, 5.74) is 4.03. The van der Waals surface area contributed by atoms with E-state index in [1.165, 1.54) is 23.1 Å². The van der Waals surface area contributed by atoms with Crippen molar-refractivity contribution >= 4 is 5.91 Å². The zero-order chi connectivity index (χ0) is 15.7. The number of carbonyl (C=O) groups excluding carboxylic acids is 1. The first-order valence-electron chi connectivity index (χ1n) is 8.67. The number of amides is 1. The van der Waals surface area contributed by atoms with Crippen molar-refractivity contribution in [2.24, 2.45) is 11.8 Å². The largest absolute Gasteiger partial charge is 0.335 e. The Morgan fingerprint density at radius 3 is 2.73 bits per heavy atom. The van der Waals surface area contributed by atoms with Crippen LogP contribution in [0, 0.1) is 25.7 Å². The Morgan fingerprint density at radius 1 is 1.27 bits per heavy atom. The molecule has 3 heteroatoms. The van der Waals surface area contributed by atoms with Gasteiger partial charge in [0.05, 0.1) is 6.04 Å². The average Bonchev–Trinajstić information content (AvgIpc) is 2.47. The first kappa shape index (κ1) is 15.5. The van der Waals surface area contributed by atoms with E-state index >= 15 is 0 Å². The molecule has 1 N–H and O–H groups in total. The molecule has 0 aliphatic carbocycles. The third-order valence-corrected chi connectivity index (χ3v) is 5.70. The van der Waals surface area contributed by atoms with Gasteiger partial charge in [0.1, 0.15) is 0 Å². The molecule has 2 fully saturated rings. The van der Waals surface area contributed by atoms with Crippen molar-refractivity contribution in [1.29, 1.82) is 0 Å². The Hall–Kier alpha value is -1.35. The van der Waals surface area contributed by atoms with Crippen molar-refractivity contribution in [3.63, 3.8) is 0 Å². The van der Waals surface area contributed by atoms with E-state index in [2.05, 4.69) is 49.2 Å². The quantitative estimate of drug-likeness (QED) is 0.929. The van der Waals surface area contributed by atoms with Gasteiger partial charge in [-0.1, -0.05) is 25.1 Å². The van der Waals surface area contributed by atoms with Gasteiger partial charge in [-0.25, -0.2) is 0 Å². The lowest BCUT2D eigenvalue weighted by Crippen LogP contribution is -2.51. The number of nitrogens with one attached hydrogen (secondary N) is 1. The van der Waals surface area contributed by atoms with Crippen molar-refractivity contribution in [3.8, 4) is 0 Å². The molecule has 1 aromatic rings. The summed E-state index contributed by atoms with van der Waals surface area (Å²) in [6, 6.07) is 6.79. The highest BCUT2D eigenvalue weighted by Gasteiger charge is 2.36. The molecular formula is C19H28N2O. The van der Waals surface area contributed by atoms with E-state index in [0.717, 1.165) is 32.5 Å². The molecule has 0 spiro atoms. The van der Waals surface area contributed by atoms with E-state index in [0.29, 0.717) is 11.8 Å². The van der Waals surface area contributed by atoms with Crippen LogP contribution >= 0.6 is 0 Å². The summed E-state index contributed by atoms with van der Waals surface area (Å²) in [6.45, 7) is 9.38. The van der Waals surface area contributed by atoms with Gasteiger partial charge >= 0.3 is 0 Å². The van der Waals surface area contributed by atoms with Crippen LogP contribution in [0.25, 0.3) is 0 Å². The summed E-state index contributed by atoms with van der Waals surface area (Å²) in [4.78, 5) is 15.2. The topological polar surface area (TPSA) is 32.3 Å². The van der Waals surface area contributed by atoms with E-state index in [-0.39, 0.29) is 12.0 Å². The second-order valence-corrected chi connectivity index (χ2v) is 7.04. The van der Waals surface area contributed by atoms with E-state index in [4.69, 9.17) is 0 Å². The molecule has 1 aromatic carbocycles. The van der Waals surface area contributed by atoms with Crippen LogP contribution in [0.15, 0.2) is 18.2 Å². The Bertz CT molecular complexity index is 550. The molecule has 3 rings (SSSR count). The van der Waals surface area contributed by atoms with Gasteiger partial charge in [0, 0.05) is 12.5 Å². The Kier molecular flexibility index (Phi) is 4.53. The third kappa shape index (κ3) is 2.79. The lowest BCUT2D eigenvalue weighted by molar-refractivity contribution is -0.141. The minimum Gasteiger partial charge on any atom is -0.335 e. The molecule has 22 heavy (non-hydrogen) atoms. The molecule has 2 aliphatic heterocycles. The Balaban J connectivity index is 1.84. The second kappa shape index (κ2) is 6.41. The average molecular weight is 300 g/mol. The summed E-state index contributed by atoms with van der Waals surface area (Å²) in [7, 11) is 0. The lowest BCUT2D eigenvalue weighted by Gasteiger charge is -2.41. The van der Waals surface area contributed by atoms with Crippen molar-refractivity contribution < 1.29 is 4.79 Å². The zero-order valence-electron chi connectivity index (χ0n) is 14.1. The number of nitrogens with zero attached hydrogens (tertiary/aromatic N) is 1. The highest BCUT2D eigenvalue weighted by Crippen LogP contribution is 2.35. The van der Waals surface area contributed by atoms with Crippen LogP contribution in [-0.2, 0) is 4.79 Å². The normalized spacial score (nSPS) is 24.0. The van der Waals surface area contributed by atoms with Crippen molar-refractivity contribution in [2.45, 2.75) is 46.1 Å². The van der Waals surface area contributed by atoms with Gasteiger partial charge < -0.3 is 10.2 Å². The van der Waals surface area contributed by atoms with E-state index in [9.17, 15) is 4.79 Å². The Morgan fingerprint density at radius 2 is 2.05 bits per heavy atom. The van der Waals surface area contributed by atoms with Crippen molar-refractivity contribution in [3.05, 3.63) is 34.9 Å². The number of hydrogen-bond acceptors (Lipinski definition) is 2. The standard InChI is InChI=1S/C19H28N2O/c1-13-7-6-8-17(14(13)2)18-9-4-5-10-21(18)19(22)15(3)16-11-20-12-16/h6-8,15-16,18,20H,4-5,9-12H2,1-3H3. The first-order valence-corrected chi connectivity index (χ1v) is 8.67. The maximum Gasteiger partial charge on any atom is 0.226 e. The molecule has 0 saturated carbocycles. The zero-order valence-corrected chi connectivity index (χ0v) is 14.1. The molecule has 2 atom stereocenters. The summed E-state index contributed by atoms with van der Waals surface area (Å²) < 4.78 is 0. The van der Waals surface area contributed by atoms with Crippen LogP contribution in [0.4, 0.5) is 0 Å². The summed E-state index contributed by atoms with van der Waals surface area (Å²) >= 11 is 0. The van der Waals surface area contributed by atoms with Crippen LogP contribution in [0.3, 0.4) is 0 Å². The maximum absolute atomic E-state index is 13.0. The predicted octanol–water partition coefficient (Wildman–Crippen LogP) is 3.21. The van der Waals surface area contributed by atoms with Gasteiger partial charge in [-0.15, -0.1) is 0 Å². The molecule has 0 bridgehead atoms. The van der Waals surface area contributed by atoms with Crippen molar-refractivity contribution in [2.75, 3.05) is 19.6 Å². The number of carbonyl (C=O) groups is 1. The summed E-state index contributed by atoms with van der Waals surface area (Å²) in [5, 5.41) is 3.29. The van der Waals surface area contributed by atoms with Crippen LogP contribution in [0.2, 0.25) is 0 Å². The molecule has 2 heterocycles. The highest BCUT2D eigenvalue weighted by molar-refractivity contribution is 5.79. The number of hydrogen-bond donors (Lipinski definition) is 1.